The standard InChI is InChI=1S/C19H36N2O4/c1-11(2)20(12(3)4)17(22)15-16(25-19(9,10)24-15)18(23)21(13(5)6)14(7)8/h11-16H,1-10H3/t15-,16-/m1/s1. The molecule has 146 valence electrons. The van der Waals surface area contributed by atoms with Crippen molar-refractivity contribution in [1.29, 1.82) is 0 Å². The molecule has 1 aliphatic rings. The summed E-state index contributed by atoms with van der Waals surface area (Å²) in [7, 11) is 0. The first-order valence-electron chi connectivity index (χ1n) is 9.30. The number of nitrogens with zero attached hydrogens (tertiary/aromatic N) is 2. The van der Waals surface area contributed by atoms with E-state index < -0.39 is 18.0 Å². The summed E-state index contributed by atoms with van der Waals surface area (Å²) in [6.45, 7) is 19.2. The summed E-state index contributed by atoms with van der Waals surface area (Å²) in [6.07, 6.45) is -1.85. The summed E-state index contributed by atoms with van der Waals surface area (Å²) >= 11 is 0. The number of rotatable bonds is 6. The van der Waals surface area contributed by atoms with Gasteiger partial charge in [-0.05, 0) is 69.2 Å². The predicted molar refractivity (Wildman–Crippen MR) is 98.1 cm³/mol. The number of carbonyl (C=O) groups is 2. The number of hydrogen-bond donors (Lipinski definition) is 0. The van der Waals surface area contributed by atoms with E-state index in [4.69, 9.17) is 9.47 Å². The van der Waals surface area contributed by atoms with Crippen LogP contribution < -0.4 is 0 Å². The molecule has 0 unspecified atom stereocenters. The van der Waals surface area contributed by atoms with Gasteiger partial charge in [0, 0.05) is 24.2 Å². The minimum atomic E-state index is -0.972. The van der Waals surface area contributed by atoms with Gasteiger partial charge >= 0.3 is 0 Å². The second-order valence-electron chi connectivity index (χ2n) is 8.34. The minimum Gasteiger partial charge on any atom is -0.335 e. The van der Waals surface area contributed by atoms with E-state index in [9.17, 15) is 9.59 Å². The van der Waals surface area contributed by atoms with Crippen LogP contribution in [0.25, 0.3) is 0 Å². The van der Waals surface area contributed by atoms with Gasteiger partial charge in [-0.1, -0.05) is 0 Å². The fourth-order valence-corrected chi connectivity index (χ4v) is 3.63. The first kappa shape index (κ1) is 21.9. The van der Waals surface area contributed by atoms with Gasteiger partial charge in [-0.15, -0.1) is 0 Å². The molecule has 6 heteroatoms. The predicted octanol–water partition coefficient (Wildman–Crippen LogP) is 2.80. The Morgan fingerprint density at radius 3 is 1.12 bits per heavy atom. The van der Waals surface area contributed by atoms with E-state index in [1.165, 1.54) is 0 Å². The first-order valence-corrected chi connectivity index (χ1v) is 9.30. The van der Waals surface area contributed by atoms with Gasteiger partial charge in [-0.2, -0.15) is 0 Å². The van der Waals surface area contributed by atoms with E-state index in [1.807, 2.05) is 55.4 Å². The monoisotopic (exact) mass is 356 g/mol. The van der Waals surface area contributed by atoms with Crippen molar-refractivity contribution < 1.29 is 19.1 Å². The molecule has 0 aromatic carbocycles. The highest BCUT2D eigenvalue weighted by atomic mass is 16.8. The van der Waals surface area contributed by atoms with E-state index in [1.54, 1.807) is 23.6 Å². The van der Waals surface area contributed by atoms with Crippen LogP contribution in [0, 0.1) is 0 Å². The molecule has 0 N–H and O–H groups in total. The fraction of sp³-hybridized carbons (Fsp3) is 0.895. The average molecular weight is 357 g/mol. The van der Waals surface area contributed by atoms with Crippen LogP contribution in [0.2, 0.25) is 0 Å². The largest absolute Gasteiger partial charge is 0.335 e. The second kappa shape index (κ2) is 8.04. The summed E-state index contributed by atoms with van der Waals surface area (Å²) in [6, 6.07) is 0.0625. The molecule has 1 heterocycles. The molecular weight excluding hydrogens is 320 g/mol. The zero-order valence-electron chi connectivity index (χ0n) is 17.5. The van der Waals surface area contributed by atoms with Gasteiger partial charge in [-0.3, -0.25) is 9.59 Å². The van der Waals surface area contributed by atoms with E-state index in [0.29, 0.717) is 0 Å². The second-order valence-corrected chi connectivity index (χ2v) is 8.34. The normalized spacial score (nSPS) is 23.0. The van der Waals surface area contributed by atoms with Crippen molar-refractivity contribution in [2.24, 2.45) is 0 Å². The van der Waals surface area contributed by atoms with Gasteiger partial charge in [0.1, 0.15) is 0 Å². The molecule has 1 saturated heterocycles. The molecule has 2 atom stereocenters. The molecular formula is C19H36N2O4. The minimum absolute atomic E-state index is 0.0156. The third kappa shape index (κ3) is 4.94. The van der Waals surface area contributed by atoms with Crippen LogP contribution in [-0.2, 0) is 19.1 Å². The van der Waals surface area contributed by atoms with Gasteiger partial charge in [0.05, 0.1) is 0 Å². The molecule has 0 saturated carbocycles. The van der Waals surface area contributed by atoms with Crippen molar-refractivity contribution in [1.82, 2.24) is 9.80 Å². The van der Waals surface area contributed by atoms with E-state index in [-0.39, 0.29) is 36.0 Å². The van der Waals surface area contributed by atoms with Crippen LogP contribution in [0.5, 0.6) is 0 Å². The number of hydrogen-bond acceptors (Lipinski definition) is 4. The molecule has 0 aromatic heterocycles. The van der Waals surface area contributed by atoms with Gasteiger partial charge < -0.3 is 19.3 Å². The maximum absolute atomic E-state index is 13.1. The SMILES string of the molecule is CC(C)N(C(=O)[C@@H]1OC(C)(C)O[C@H]1C(=O)N(C(C)C)C(C)C)C(C)C. The van der Waals surface area contributed by atoms with Crippen molar-refractivity contribution in [2.75, 3.05) is 0 Å². The maximum Gasteiger partial charge on any atom is 0.255 e. The molecule has 0 aromatic rings. The third-order valence-corrected chi connectivity index (χ3v) is 4.32. The topological polar surface area (TPSA) is 59.1 Å². The molecule has 1 fully saturated rings. The highest BCUT2D eigenvalue weighted by molar-refractivity contribution is 5.92. The summed E-state index contributed by atoms with van der Waals surface area (Å²) < 4.78 is 11.7. The maximum atomic E-state index is 13.1. The molecule has 0 spiro atoms. The lowest BCUT2D eigenvalue weighted by Gasteiger charge is -2.36. The quantitative estimate of drug-likeness (QED) is 0.734. The third-order valence-electron chi connectivity index (χ3n) is 4.32. The van der Waals surface area contributed by atoms with Crippen molar-refractivity contribution in [3.05, 3.63) is 0 Å². The van der Waals surface area contributed by atoms with Crippen LogP contribution in [0.3, 0.4) is 0 Å². The summed E-state index contributed by atoms with van der Waals surface area (Å²) in [4.78, 5) is 29.8. The molecule has 1 aliphatic heterocycles. The van der Waals surface area contributed by atoms with E-state index >= 15 is 0 Å². The number of carbonyl (C=O) groups excluding carboxylic acids is 2. The smallest absolute Gasteiger partial charge is 0.255 e. The Kier molecular flexibility index (Phi) is 7.04. The van der Waals surface area contributed by atoms with Crippen LogP contribution in [0.15, 0.2) is 0 Å². The Morgan fingerprint density at radius 1 is 0.680 bits per heavy atom. The van der Waals surface area contributed by atoms with Crippen molar-refractivity contribution in [3.8, 4) is 0 Å². The first-order chi connectivity index (χ1) is 11.3. The average Bonchev–Trinajstić information content (AvgIpc) is 2.73. The van der Waals surface area contributed by atoms with E-state index in [0.717, 1.165) is 0 Å². The Bertz CT molecular complexity index is 428. The van der Waals surface area contributed by atoms with Crippen molar-refractivity contribution in [2.45, 2.75) is 111 Å². The molecule has 25 heavy (non-hydrogen) atoms. The molecule has 0 aliphatic carbocycles. The lowest BCUT2D eigenvalue weighted by molar-refractivity contribution is -0.167. The fourth-order valence-electron chi connectivity index (χ4n) is 3.63. The van der Waals surface area contributed by atoms with Gasteiger partial charge in [0.25, 0.3) is 11.8 Å². The summed E-state index contributed by atoms with van der Waals surface area (Å²) in [5.74, 6) is -1.36. The van der Waals surface area contributed by atoms with Crippen LogP contribution >= 0.6 is 0 Å². The molecule has 1 rings (SSSR count). The van der Waals surface area contributed by atoms with Crippen LogP contribution in [-0.4, -0.2) is 63.8 Å². The Balaban J connectivity index is 3.19. The summed E-state index contributed by atoms with van der Waals surface area (Å²) in [5.41, 5.74) is 0. The van der Waals surface area contributed by atoms with Gasteiger partial charge in [0.2, 0.25) is 0 Å². The van der Waals surface area contributed by atoms with Gasteiger partial charge in [-0.25, -0.2) is 0 Å². The Labute approximate surface area is 152 Å². The van der Waals surface area contributed by atoms with E-state index in [2.05, 4.69) is 0 Å². The Morgan fingerprint density at radius 2 is 0.920 bits per heavy atom. The van der Waals surface area contributed by atoms with Crippen molar-refractivity contribution >= 4 is 11.8 Å². The molecule has 0 radical (unpaired) electrons. The zero-order chi connectivity index (χ0) is 19.7. The lowest BCUT2D eigenvalue weighted by Crippen LogP contribution is -2.55. The van der Waals surface area contributed by atoms with Gasteiger partial charge in [0.15, 0.2) is 18.0 Å². The molecule has 0 bridgehead atoms. The number of amides is 2. The van der Waals surface area contributed by atoms with Crippen LogP contribution in [0.4, 0.5) is 0 Å². The Hall–Kier alpha value is -1.14. The zero-order valence-corrected chi connectivity index (χ0v) is 17.5. The summed E-state index contributed by atoms with van der Waals surface area (Å²) in [5, 5.41) is 0. The van der Waals surface area contributed by atoms with Crippen LogP contribution in [0.1, 0.15) is 69.2 Å². The lowest BCUT2D eigenvalue weighted by atomic mass is 10.1. The number of ether oxygens (including phenoxy) is 2. The highest BCUT2D eigenvalue weighted by Crippen LogP contribution is 2.32. The molecule has 6 nitrogen and oxygen atoms in total. The molecule has 2 amide bonds. The highest BCUT2D eigenvalue weighted by Gasteiger charge is 2.52. The van der Waals surface area contributed by atoms with Crippen molar-refractivity contribution in [3.63, 3.8) is 0 Å².